The second-order valence-corrected chi connectivity index (χ2v) is 4.83. The Labute approximate surface area is 113 Å². The van der Waals surface area contributed by atoms with Crippen molar-refractivity contribution in [1.82, 2.24) is 15.1 Å². The van der Waals surface area contributed by atoms with E-state index in [1.807, 2.05) is 0 Å². The van der Waals surface area contributed by atoms with E-state index < -0.39 is 0 Å². The molecule has 0 radical (unpaired) electrons. The number of carbonyl (C=O) groups is 1. The molecule has 1 saturated heterocycles. The molecule has 0 aliphatic carbocycles. The monoisotopic (exact) mass is 267 g/mol. The van der Waals surface area contributed by atoms with Gasteiger partial charge in [-0.1, -0.05) is 13.3 Å². The first-order valence-electron chi connectivity index (χ1n) is 6.95. The van der Waals surface area contributed by atoms with Crippen LogP contribution in [0.15, 0.2) is 4.42 Å². The third kappa shape index (κ3) is 3.45. The third-order valence-electron chi connectivity index (χ3n) is 3.29. The average molecular weight is 267 g/mol. The van der Waals surface area contributed by atoms with Gasteiger partial charge >= 0.3 is 6.09 Å². The molecule has 2 rings (SSSR count). The van der Waals surface area contributed by atoms with E-state index in [1.54, 1.807) is 11.8 Å². The minimum atomic E-state index is -0.269. The van der Waals surface area contributed by atoms with Gasteiger partial charge in [-0.05, 0) is 25.7 Å². The van der Waals surface area contributed by atoms with Gasteiger partial charge in [0.25, 0.3) is 0 Å². The number of rotatable bonds is 4. The lowest BCUT2D eigenvalue weighted by molar-refractivity contribution is 0.0646. The fourth-order valence-corrected chi connectivity index (χ4v) is 2.24. The highest BCUT2D eigenvalue weighted by atomic mass is 16.6. The Balaban J connectivity index is 2.01. The Morgan fingerprint density at radius 1 is 1.47 bits per heavy atom. The molecular weight excluding hydrogens is 246 g/mol. The van der Waals surface area contributed by atoms with Crippen LogP contribution in [-0.4, -0.2) is 34.3 Å². The summed E-state index contributed by atoms with van der Waals surface area (Å²) in [6.07, 6.45) is 4.54. The van der Waals surface area contributed by atoms with Crippen molar-refractivity contribution in [3.63, 3.8) is 0 Å². The molecule has 0 aromatic carbocycles. The van der Waals surface area contributed by atoms with Crippen LogP contribution in [-0.2, 0) is 4.74 Å². The number of aromatic nitrogens is 2. The average Bonchev–Trinajstić information content (AvgIpc) is 2.85. The molecule has 1 aliphatic rings. The summed E-state index contributed by atoms with van der Waals surface area (Å²) >= 11 is 0. The van der Waals surface area contributed by atoms with Crippen LogP contribution in [0.4, 0.5) is 4.79 Å². The molecule has 106 valence electrons. The number of piperidine rings is 1. The Bertz CT molecular complexity index is 419. The number of carbonyl (C=O) groups excluding carboxylic acids is 1. The maximum absolute atomic E-state index is 12.1. The van der Waals surface area contributed by atoms with Crippen LogP contribution in [0, 0.1) is 6.92 Å². The summed E-state index contributed by atoms with van der Waals surface area (Å²) in [6, 6.07) is -0.135. The van der Waals surface area contributed by atoms with Crippen LogP contribution in [0.5, 0.6) is 0 Å². The number of hydrogen-bond donors (Lipinski definition) is 0. The highest BCUT2D eigenvalue weighted by molar-refractivity contribution is 5.68. The number of ether oxygens (including phenoxy) is 1. The molecule has 0 N–H and O–H groups in total. The van der Waals surface area contributed by atoms with Gasteiger partial charge in [0, 0.05) is 13.5 Å². The van der Waals surface area contributed by atoms with E-state index in [-0.39, 0.29) is 12.1 Å². The summed E-state index contributed by atoms with van der Waals surface area (Å²) < 4.78 is 10.7. The molecular formula is C13H21N3O3. The van der Waals surface area contributed by atoms with E-state index in [0.717, 1.165) is 32.1 Å². The second-order valence-electron chi connectivity index (χ2n) is 4.83. The summed E-state index contributed by atoms with van der Waals surface area (Å²) in [5.41, 5.74) is 0. The maximum Gasteiger partial charge on any atom is 0.410 e. The quantitative estimate of drug-likeness (QED) is 0.785. The van der Waals surface area contributed by atoms with Gasteiger partial charge in [-0.25, -0.2) is 4.79 Å². The van der Waals surface area contributed by atoms with Crippen molar-refractivity contribution in [2.45, 2.75) is 52.0 Å². The SMILES string of the molecule is CCCCOC(=O)N1CCCCC1c1nnc(C)o1. The van der Waals surface area contributed by atoms with Gasteiger partial charge < -0.3 is 9.15 Å². The summed E-state index contributed by atoms with van der Waals surface area (Å²) in [6.45, 7) is 4.99. The Morgan fingerprint density at radius 2 is 2.32 bits per heavy atom. The standard InChI is InChI=1S/C13H21N3O3/c1-3-4-9-18-13(17)16-8-6-5-7-11(16)12-15-14-10(2)19-12/h11H,3-9H2,1-2H3. The largest absolute Gasteiger partial charge is 0.449 e. The van der Waals surface area contributed by atoms with Crippen LogP contribution in [0.3, 0.4) is 0 Å². The van der Waals surface area contributed by atoms with Crippen molar-refractivity contribution in [2.24, 2.45) is 0 Å². The summed E-state index contributed by atoms with van der Waals surface area (Å²) in [5.74, 6) is 1.05. The predicted octanol–water partition coefficient (Wildman–Crippen LogP) is 2.84. The fraction of sp³-hybridized carbons (Fsp3) is 0.769. The molecule has 0 saturated carbocycles. The van der Waals surface area contributed by atoms with E-state index in [2.05, 4.69) is 17.1 Å². The molecule has 1 aliphatic heterocycles. The van der Waals surface area contributed by atoms with E-state index in [9.17, 15) is 4.79 Å². The topological polar surface area (TPSA) is 68.5 Å². The first-order chi connectivity index (χ1) is 9.22. The highest BCUT2D eigenvalue weighted by Crippen LogP contribution is 2.30. The molecule has 1 aromatic rings. The van der Waals surface area contributed by atoms with Crippen molar-refractivity contribution < 1.29 is 13.9 Å². The minimum Gasteiger partial charge on any atom is -0.449 e. The fourth-order valence-electron chi connectivity index (χ4n) is 2.24. The number of unbranched alkanes of at least 4 members (excludes halogenated alkanes) is 1. The van der Waals surface area contributed by atoms with Gasteiger partial charge in [-0.2, -0.15) is 0 Å². The molecule has 2 heterocycles. The van der Waals surface area contributed by atoms with Crippen molar-refractivity contribution >= 4 is 6.09 Å². The predicted molar refractivity (Wildman–Crippen MR) is 68.6 cm³/mol. The summed E-state index contributed by atoms with van der Waals surface area (Å²) in [5, 5.41) is 7.87. The highest BCUT2D eigenvalue weighted by Gasteiger charge is 2.32. The van der Waals surface area contributed by atoms with Gasteiger partial charge in [0.2, 0.25) is 11.8 Å². The van der Waals surface area contributed by atoms with Crippen LogP contribution in [0.2, 0.25) is 0 Å². The molecule has 1 unspecified atom stereocenters. The van der Waals surface area contributed by atoms with Crippen LogP contribution >= 0.6 is 0 Å². The minimum absolute atomic E-state index is 0.135. The van der Waals surface area contributed by atoms with E-state index in [0.29, 0.717) is 24.9 Å². The Morgan fingerprint density at radius 3 is 3.00 bits per heavy atom. The van der Waals surface area contributed by atoms with E-state index in [1.165, 1.54) is 0 Å². The van der Waals surface area contributed by atoms with Gasteiger partial charge in [-0.3, -0.25) is 4.90 Å². The summed E-state index contributed by atoms with van der Waals surface area (Å²) in [7, 11) is 0. The Hall–Kier alpha value is -1.59. The lowest BCUT2D eigenvalue weighted by Crippen LogP contribution is -2.39. The number of aryl methyl sites for hydroxylation is 1. The number of likely N-dealkylation sites (tertiary alicyclic amines) is 1. The maximum atomic E-state index is 12.1. The van der Waals surface area contributed by atoms with Crippen molar-refractivity contribution in [3.05, 3.63) is 11.8 Å². The van der Waals surface area contributed by atoms with Crippen molar-refractivity contribution in [1.29, 1.82) is 0 Å². The first-order valence-corrected chi connectivity index (χ1v) is 6.95. The van der Waals surface area contributed by atoms with Crippen molar-refractivity contribution in [2.75, 3.05) is 13.2 Å². The first kappa shape index (κ1) is 13.8. The van der Waals surface area contributed by atoms with Crippen LogP contribution in [0.1, 0.15) is 56.9 Å². The molecule has 6 nitrogen and oxygen atoms in total. The Kier molecular flexibility index (Phi) is 4.76. The molecule has 6 heteroatoms. The third-order valence-corrected chi connectivity index (χ3v) is 3.29. The molecule has 19 heavy (non-hydrogen) atoms. The zero-order valence-corrected chi connectivity index (χ0v) is 11.6. The number of amides is 1. The molecule has 1 aromatic heterocycles. The molecule has 1 fully saturated rings. The van der Waals surface area contributed by atoms with E-state index in [4.69, 9.17) is 9.15 Å². The van der Waals surface area contributed by atoms with Crippen molar-refractivity contribution in [3.8, 4) is 0 Å². The van der Waals surface area contributed by atoms with Crippen LogP contribution < -0.4 is 0 Å². The second kappa shape index (κ2) is 6.54. The lowest BCUT2D eigenvalue weighted by atomic mass is 10.0. The smallest absolute Gasteiger partial charge is 0.410 e. The summed E-state index contributed by atoms with van der Waals surface area (Å²) in [4.78, 5) is 13.8. The van der Waals surface area contributed by atoms with Crippen LogP contribution in [0.25, 0.3) is 0 Å². The van der Waals surface area contributed by atoms with Gasteiger partial charge in [0.05, 0.1) is 6.61 Å². The molecule has 0 spiro atoms. The lowest BCUT2D eigenvalue weighted by Gasteiger charge is -2.32. The zero-order valence-electron chi connectivity index (χ0n) is 11.6. The van der Waals surface area contributed by atoms with E-state index >= 15 is 0 Å². The van der Waals surface area contributed by atoms with Gasteiger partial charge in [-0.15, -0.1) is 10.2 Å². The van der Waals surface area contributed by atoms with Gasteiger partial charge in [0.1, 0.15) is 6.04 Å². The normalized spacial score (nSPS) is 19.5. The molecule has 1 amide bonds. The molecule has 1 atom stereocenters. The zero-order chi connectivity index (χ0) is 13.7. The van der Waals surface area contributed by atoms with Gasteiger partial charge in [0.15, 0.2) is 0 Å². The number of nitrogens with zero attached hydrogens (tertiary/aromatic N) is 3. The number of hydrogen-bond acceptors (Lipinski definition) is 5. The molecule has 0 bridgehead atoms.